The summed E-state index contributed by atoms with van der Waals surface area (Å²) in [5.74, 6) is 1.35. The zero-order valence-corrected chi connectivity index (χ0v) is 10.9. The van der Waals surface area contributed by atoms with Crippen molar-refractivity contribution in [3.63, 3.8) is 0 Å². The summed E-state index contributed by atoms with van der Waals surface area (Å²) in [6.45, 7) is 2.15. The van der Waals surface area contributed by atoms with Crippen LogP contribution in [0.3, 0.4) is 0 Å². The normalized spacial score (nSPS) is 10.7. The topological polar surface area (TPSA) is 56.5 Å². The van der Waals surface area contributed by atoms with Gasteiger partial charge in [0, 0.05) is 18.0 Å². The van der Waals surface area contributed by atoms with Crippen LogP contribution in [0, 0.1) is 12.7 Å². The monoisotopic (exact) mass is 269 g/mol. The number of aryl methyl sites for hydroxylation is 1. The van der Waals surface area contributed by atoms with Gasteiger partial charge in [0.1, 0.15) is 11.6 Å². The van der Waals surface area contributed by atoms with Gasteiger partial charge in [0.2, 0.25) is 5.82 Å². The van der Waals surface area contributed by atoms with E-state index in [1.165, 1.54) is 6.07 Å². The fourth-order valence-electron chi connectivity index (χ4n) is 1.87. The lowest BCUT2D eigenvalue weighted by molar-refractivity contribution is 0.579. The van der Waals surface area contributed by atoms with E-state index >= 15 is 0 Å². The van der Waals surface area contributed by atoms with Gasteiger partial charge in [-0.15, -0.1) is 5.10 Å². The van der Waals surface area contributed by atoms with Crippen LogP contribution in [0.4, 0.5) is 4.39 Å². The molecule has 0 aliphatic carbocycles. The Morgan fingerprint density at radius 1 is 1.05 bits per heavy atom. The summed E-state index contributed by atoms with van der Waals surface area (Å²) in [5.41, 5.74) is 0.570. The number of rotatable bonds is 3. The van der Waals surface area contributed by atoms with Crippen molar-refractivity contribution in [2.24, 2.45) is 0 Å². The Labute approximate surface area is 115 Å². The van der Waals surface area contributed by atoms with Crippen molar-refractivity contribution in [3.05, 3.63) is 59.9 Å². The Morgan fingerprint density at radius 2 is 1.80 bits per heavy atom. The molecule has 0 atom stereocenters. The van der Waals surface area contributed by atoms with Gasteiger partial charge in [-0.2, -0.15) is 0 Å². The number of hydrogen-bond acceptors (Lipinski definition) is 4. The van der Waals surface area contributed by atoms with Crippen LogP contribution in [0.1, 0.15) is 11.4 Å². The Balaban J connectivity index is 1.92. The zero-order valence-electron chi connectivity index (χ0n) is 10.9. The van der Waals surface area contributed by atoms with Crippen LogP contribution in [0.25, 0.3) is 11.6 Å². The average molecular weight is 269 g/mol. The van der Waals surface area contributed by atoms with Crippen molar-refractivity contribution in [3.8, 4) is 11.6 Å². The Morgan fingerprint density at radius 3 is 2.55 bits per heavy atom. The minimum absolute atomic E-state index is 0.250. The van der Waals surface area contributed by atoms with Crippen LogP contribution in [0.15, 0.2) is 42.7 Å². The largest absolute Gasteiger partial charge is 0.245 e. The lowest BCUT2D eigenvalue weighted by Crippen LogP contribution is -2.05. The molecule has 0 bridgehead atoms. The minimum Gasteiger partial charge on any atom is -0.245 e. The maximum Gasteiger partial charge on any atom is 0.219 e. The predicted octanol–water partition coefficient (Wildman–Crippen LogP) is 2.23. The second-order valence-corrected chi connectivity index (χ2v) is 4.30. The second kappa shape index (κ2) is 5.16. The molecule has 100 valence electrons. The van der Waals surface area contributed by atoms with Crippen molar-refractivity contribution in [2.75, 3.05) is 0 Å². The summed E-state index contributed by atoms with van der Waals surface area (Å²) in [7, 11) is 0. The van der Waals surface area contributed by atoms with Gasteiger partial charge in [-0.25, -0.2) is 24.0 Å². The molecule has 0 saturated heterocycles. The second-order valence-electron chi connectivity index (χ2n) is 4.30. The highest BCUT2D eigenvalue weighted by Gasteiger charge is 2.11. The van der Waals surface area contributed by atoms with Crippen LogP contribution >= 0.6 is 0 Å². The van der Waals surface area contributed by atoms with Gasteiger partial charge in [0.15, 0.2) is 5.82 Å². The minimum atomic E-state index is -0.250. The molecule has 3 rings (SSSR count). The van der Waals surface area contributed by atoms with Crippen LogP contribution < -0.4 is 0 Å². The maximum atomic E-state index is 13.7. The zero-order chi connectivity index (χ0) is 13.9. The SMILES string of the molecule is Cc1nc(-c2ncccn2)nn1Cc1ccccc1F. The molecule has 0 aliphatic heterocycles. The molecule has 6 heteroatoms. The van der Waals surface area contributed by atoms with Gasteiger partial charge in [-0.1, -0.05) is 18.2 Å². The molecular formula is C14H12FN5. The highest BCUT2D eigenvalue weighted by atomic mass is 19.1. The fraction of sp³-hybridized carbons (Fsp3) is 0.143. The number of halogens is 1. The summed E-state index contributed by atoms with van der Waals surface area (Å²) in [4.78, 5) is 12.5. The molecule has 1 aromatic carbocycles. The maximum absolute atomic E-state index is 13.7. The van der Waals surface area contributed by atoms with Gasteiger partial charge >= 0.3 is 0 Å². The van der Waals surface area contributed by atoms with Crippen molar-refractivity contribution in [2.45, 2.75) is 13.5 Å². The number of nitrogens with zero attached hydrogens (tertiary/aromatic N) is 5. The molecular weight excluding hydrogens is 257 g/mol. The first-order valence-electron chi connectivity index (χ1n) is 6.16. The average Bonchev–Trinajstić information content (AvgIpc) is 2.84. The van der Waals surface area contributed by atoms with E-state index in [1.54, 1.807) is 41.3 Å². The molecule has 0 saturated carbocycles. The van der Waals surface area contributed by atoms with E-state index in [-0.39, 0.29) is 5.82 Å². The standard InChI is InChI=1S/C14H12FN5/c1-10-18-14(13-16-7-4-8-17-13)19-20(10)9-11-5-2-3-6-12(11)15/h2-8H,9H2,1H3. The molecule has 0 N–H and O–H groups in total. The van der Waals surface area contributed by atoms with E-state index in [0.717, 1.165) is 0 Å². The van der Waals surface area contributed by atoms with Crippen molar-refractivity contribution >= 4 is 0 Å². The first kappa shape index (κ1) is 12.4. The molecule has 0 fully saturated rings. The molecule has 2 aromatic heterocycles. The smallest absolute Gasteiger partial charge is 0.219 e. The van der Waals surface area contributed by atoms with E-state index < -0.39 is 0 Å². The summed E-state index contributed by atoms with van der Waals surface area (Å²) >= 11 is 0. The van der Waals surface area contributed by atoms with Gasteiger partial charge < -0.3 is 0 Å². The predicted molar refractivity (Wildman–Crippen MR) is 71.3 cm³/mol. The lowest BCUT2D eigenvalue weighted by Gasteiger charge is -2.04. The third-order valence-electron chi connectivity index (χ3n) is 2.90. The number of aromatic nitrogens is 5. The van der Waals surface area contributed by atoms with E-state index in [4.69, 9.17) is 0 Å². The Hall–Kier alpha value is -2.63. The molecule has 0 amide bonds. The Bertz CT molecular complexity index is 723. The first-order valence-corrected chi connectivity index (χ1v) is 6.16. The molecule has 5 nitrogen and oxygen atoms in total. The quantitative estimate of drug-likeness (QED) is 0.731. The van der Waals surface area contributed by atoms with Gasteiger partial charge in [-0.3, -0.25) is 0 Å². The Kier molecular flexibility index (Phi) is 3.20. The van der Waals surface area contributed by atoms with Crippen LogP contribution in [0.5, 0.6) is 0 Å². The fourth-order valence-corrected chi connectivity index (χ4v) is 1.87. The highest BCUT2D eigenvalue weighted by Crippen LogP contribution is 2.13. The number of hydrogen-bond donors (Lipinski definition) is 0. The van der Waals surface area contributed by atoms with E-state index in [9.17, 15) is 4.39 Å². The van der Waals surface area contributed by atoms with Gasteiger partial charge in [0.05, 0.1) is 6.54 Å². The molecule has 20 heavy (non-hydrogen) atoms. The van der Waals surface area contributed by atoms with E-state index in [2.05, 4.69) is 20.1 Å². The third-order valence-corrected chi connectivity index (χ3v) is 2.90. The van der Waals surface area contributed by atoms with Crippen molar-refractivity contribution in [1.82, 2.24) is 24.7 Å². The first-order chi connectivity index (χ1) is 9.74. The van der Waals surface area contributed by atoms with Gasteiger partial charge in [-0.05, 0) is 19.1 Å². The lowest BCUT2D eigenvalue weighted by atomic mass is 10.2. The van der Waals surface area contributed by atoms with Crippen LogP contribution in [-0.2, 0) is 6.54 Å². The number of benzene rings is 1. The summed E-state index contributed by atoms with van der Waals surface area (Å²) in [6.07, 6.45) is 3.27. The highest BCUT2D eigenvalue weighted by molar-refractivity contribution is 5.41. The van der Waals surface area contributed by atoms with E-state index in [1.807, 2.05) is 6.92 Å². The summed E-state index contributed by atoms with van der Waals surface area (Å²) in [5, 5.41) is 4.33. The molecule has 0 spiro atoms. The summed E-state index contributed by atoms with van der Waals surface area (Å²) < 4.78 is 15.3. The molecule has 0 radical (unpaired) electrons. The van der Waals surface area contributed by atoms with Crippen LogP contribution in [-0.4, -0.2) is 24.7 Å². The summed E-state index contributed by atoms with van der Waals surface area (Å²) in [6, 6.07) is 8.35. The molecule has 2 heterocycles. The third kappa shape index (κ3) is 2.40. The molecule has 3 aromatic rings. The van der Waals surface area contributed by atoms with Gasteiger partial charge in [0.25, 0.3) is 0 Å². The molecule has 0 aliphatic rings. The van der Waals surface area contributed by atoms with Crippen molar-refractivity contribution in [1.29, 1.82) is 0 Å². The molecule has 0 unspecified atom stereocenters. The van der Waals surface area contributed by atoms with E-state index in [0.29, 0.717) is 29.6 Å². The van der Waals surface area contributed by atoms with Crippen molar-refractivity contribution < 1.29 is 4.39 Å². The van der Waals surface area contributed by atoms with Crippen LogP contribution in [0.2, 0.25) is 0 Å².